The maximum atomic E-state index is 11.7. The maximum absolute atomic E-state index is 11.7. The summed E-state index contributed by atoms with van der Waals surface area (Å²) in [5.41, 5.74) is 0.376. The van der Waals surface area contributed by atoms with E-state index in [1.807, 2.05) is 11.8 Å². The van der Waals surface area contributed by atoms with Gasteiger partial charge in [-0.3, -0.25) is 4.79 Å². The Morgan fingerprint density at radius 1 is 1.42 bits per heavy atom. The van der Waals surface area contributed by atoms with E-state index in [1.165, 1.54) is 19.3 Å². The van der Waals surface area contributed by atoms with Gasteiger partial charge in [0.15, 0.2) is 0 Å². The van der Waals surface area contributed by atoms with Crippen molar-refractivity contribution in [2.24, 2.45) is 22.7 Å². The van der Waals surface area contributed by atoms with E-state index >= 15 is 0 Å². The Balaban J connectivity index is 2.16. The normalized spacial score (nSPS) is 37.4. The van der Waals surface area contributed by atoms with Gasteiger partial charge in [-0.05, 0) is 61.0 Å². The Hall–Kier alpha value is -0.150. The predicted molar refractivity (Wildman–Crippen MR) is 105 cm³/mol. The summed E-state index contributed by atoms with van der Waals surface area (Å²) in [4.78, 5) is 11.7. The van der Waals surface area contributed by atoms with E-state index in [2.05, 4.69) is 39.8 Å². The molecule has 24 heavy (non-hydrogen) atoms. The van der Waals surface area contributed by atoms with Crippen LogP contribution in [0.3, 0.4) is 0 Å². The van der Waals surface area contributed by atoms with Gasteiger partial charge >= 0.3 is 5.97 Å². The molecule has 2 aliphatic carbocycles. The Bertz CT molecular complexity index is 471. The maximum Gasteiger partial charge on any atom is 0.308 e. The van der Waals surface area contributed by atoms with Crippen LogP contribution in [0, 0.1) is 22.7 Å². The Morgan fingerprint density at radius 2 is 2.12 bits per heavy atom. The lowest BCUT2D eigenvalue weighted by Gasteiger charge is -2.50. The topological polar surface area (TPSA) is 37.3 Å². The average molecular weight is 373 g/mol. The van der Waals surface area contributed by atoms with Crippen molar-refractivity contribution in [3.8, 4) is 0 Å². The van der Waals surface area contributed by atoms with Crippen molar-refractivity contribution in [1.29, 1.82) is 0 Å². The Morgan fingerprint density at radius 3 is 2.67 bits per heavy atom. The van der Waals surface area contributed by atoms with Crippen LogP contribution in [0.15, 0.2) is 12.2 Å². The van der Waals surface area contributed by atoms with Crippen LogP contribution < -0.4 is 0 Å². The second kappa shape index (κ2) is 8.03. The van der Waals surface area contributed by atoms with Crippen molar-refractivity contribution in [3.05, 3.63) is 12.2 Å². The third-order valence-electron chi connectivity index (χ3n) is 5.86. The van der Waals surface area contributed by atoms with Gasteiger partial charge < -0.3 is 5.11 Å². The molecule has 0 aliphatic heterocycles. The molecule has 1 saturated carbocycles. The average Bonchev–Trinajstić information content (AvgIpc) is 2.50. The van der Waals surface area contributed by atoms with Crippen LogP contribution in [0.4, 0.5) is 0 Å². The first kappa shape index (κ1) is 20.2. The molecule has 0 aromatic rings. The molecule has 2 rings (SSSR count). The van der Waals surface area contributed by atoms with Crippen molar-refractivity contribution in [1.82, 2.24) is 0 Å². The second-order valence-corrected chi connectivity index (χ2v) is 10.9. The van der Waals surface area contributed by atoms with Crippen molar-refractivity contribution in [2.45, 2.75) is 76.8 Å². The summed E-state index contributed by atoms with van der Waals surface area (Å²) in [6, 6.07) is 0. The summed E-state index contributed by atoms with van der Waals surface area (Å²) >= 11 is 8.53. The monoisotopic (exact) mass is 372 g/mol. The fourth-order valence-corrected chi connectivity index (χ4v) is 6.62. The van der Waals surface area contributed by atoms with Gasteiger partial charge in [-0.1, -0.05) is 39.8 Å². The molecule has 138 valence electrons. The van der Waals surface area contributed by atoms with Crippen LogP contribution in [0.25, 0.3) is 0 Å². The van der Waals surface area contributed by atoms with E-state index in [1.54, 1.807) is 0 Å². The van der Waals surface area contributed by atoms with Crippen molar-refractivity contribution >= 4 is 29.3 Å². The summed E-state index contributed by atoms with van der Waals surface area (Å²) in [7, 11) is 0. The number of carboxylic acids is 1. The van der Waals surface area contributed by atoms with E-state index in [0.717, 1.165) is 18.6 Å². The smallest absolute Gasteiger partial charge is 0.308 e. The third-order valence-corrected chi connectivity index (χ3v) is 7.92. The quantitative estimate of drug-likeness (QED) is 0.475. The van der Waals surface area contributed by atoms with Gasteiger partial charge in [0, 0.05) is 10.6 Å². The molecule has 1 fully saturated rings. The minimum absolute atomic E-state index is 0.0356. The van der Waals surface area contributed by atoms with E-state index in [0.29, 0.717) is 23.0 Å². The molecule has 1 N–H and O–H groups in total. The third kappa shape index (κ3) is 4.94. The molecule has 2 aliphatic rings. The van der Waals surface area contributed by atoms with Crippen LogP contribution in [0.1, 0.15) is 66.2 Å². The first-order chi connectivity index (χ1) is 11.1. The van der Waals surface area contributed by atoms with Crippen molar-refractivity contribution < 1.29 is 9.90 Å². The SMILES string of the molecule is CC(C)(C)CCSC1CC(Cl)C(C(=O)O)CC1(C)C1C=CCCC1. The zero-order valence-corrected chi connectivity index (χ0v) is 17.1. The molecule has 2 nitrogen and oxygen atoms in total. The Labute approximate surface area is 156 Å². The molecular formula is C20H33ClO2S. The van der Waals surface area contributed by atoms with Gasteiger partial charge in [0.2, 0.25) is 0 Å². The molecule has 0 bridgehead atoms. The molecule has 4 heteroatoms. The molecule has 0 radical (unpaired) electrons. The molecular weight excluding hydrogens is 340 g/mol. The Kier molecular flexibility index (Phi) is 6.75. The highest BCUT2D eigenvalue weighted by molar-refractivity contribution is 7.99. The second-order valence-electron chi connectivity index (χ2n) is 9.04. The zero-order valence-electron chi connectivity index (χ0n) is 15.6. The van der Waals surface area contributed by atoms with Crippen LogP contribution in [-0.2, 0) is 4.79 Å². The molecule has 0 aromatic heterocycles. The summed E-state index contributed by atoms with van der Waals surface area (Å²) in [6.45, 7) is 9.16. The summed E-state index contributed by atoms with van der Waals surface area (Å²) < 4.78 is 0. The van der Waals surface area contributed by atoms with Gasteiger partial charge in [0.25, 0.3) is 0 Å². The first-order valence-corrected chi connectivity index (χ1v) is 10.8. The number of aliphatic carboxylic acids is 1. The van der Waals surface area contributed by atoms with Gasteiger partial charge in [0.1, 0.15) is 0 Å². The van der Waals surface area contributed by atoms with Gasteiger partial charge in [0.05, 0.1) is 5.92 Å². The number of hydrogen-bond donors (Lipinski definition) is 1. The van der Waals surface area contributed by atoms with Crippen LogP contribution in [-0.4, -0.2) is 27.5 Å². The molecule has 0 heterocycles. The number of rotatable bonds is 5. The lowest BCUT2D eigenvalue weighted by molar-refractivity contribution is -0.144. The van der Waals surface area contributed by atoms with Crippen LogP contribution >= 0.6 is 23.4 Å². The van der Waals surface area contributed by atoms with E-state index in [-0.39, 0.29) is 10.8 Å². The first-order valence-electron chi connectivity index (χ1n) is 9.28. The number of carbonyl (C=O) groups is 1. The van der Waals surface area contributed by atoms with Crippen LogP contribution in [0.2, 0.25) is 0 Å². The molecule has 0 amide bonds. The number of thioether (sulfide) groups is 1. The van der Waals surface area contributed by atoms with Crippen LogP contribution in [0.5, 0.6) is 0 Å². The fraction of sp³-hybridized carbons (Fsp3) is 0.850. The number of carboxylic acid groups (broad SMARTS) is 1. The zero-order chi connectivity index (χ0) is 18.0. The highest BCUT2D eigenvalue weighted by atomic mass is 35.5. The lowest BCUT2D eigenvalue weighted by Crippen LogP contribution is -2.48. The largest absolute Gasteiger partial charge is 0.481 e. The number of hydrogen-bond acceptors (Lipinski definition) is 2. The lowest BCUT2D eigenvalue weighted by atomic mass is 9.61. The number of halogens is 1. The van der Waals surface area contributed by atoms with Gasteiger partial charge in [-0.2, -0.15) is 11.8 Å². The number of alkyl halides is 1. The minimum atomic E-state index is -0.723. The highest BCUT2D eigenvalue weighted by Crippen LogP contribution is 2.53. The predicted octanol–water partition coefficient (Wildman–Crippen LogP) is 5.99. The number of allylic oxidation sites excluding steroid dienone is 2. The molecule has 0 aromatic carbocycles. The molecule has 0 saturated heterocycles. The highest BCUT2D eigenvalue weighted by Gasteiger charge is 2.50. The summed E-state index contributed by atoms with van der Waals surface area (Å²) in [5, 5.41) is 9.81. The molecule has 5 atom stereocenters. The minimum Gasteiger partial charge on any atom is -0.481 e. The standard InChI is InChI=1S/C20H33ClO2S/c1-19(2,3)10-11-24-17-12-16(21)15(18(22)23)13-20(17,4)14-8-6-5-7-9-14/h6,8,14-17H,5,7,9-13H2,1-4H3,(H,22,23). The van der Waals surface area contributed by atoms with E-state index in [9.17, 15) is 9.90 Å². The van der Waals surface area contributed by atoms with E-state index in [4.69, 9.17) is 11.6 Å². The van der Waals surface area contributed by atoms with E-state index < -0.39 is 11.9 Å². The molecule has 5 unspecified atom stereocenters. The van der Waals surface area contributed by atoms with Gasteiger partial charge in [-0.25, -0.2) is 0 Å². The summed E-state index contributed by atoms with van der Waals surface area (Å²) in [5.74, 6) is 0.483. The fourth-order valence-electron chi connectivity index (χ4n) is 4.13. The van der Waals surface area contributed by atoms with Gasteiger partial charge in [-0.15, -0.1) is 11.6 Å². The summed E-state index contributed by atoms with van der Waals surface area (Å²) in [6.07, 6.45) is 10.9. The van der Waals surface area contributed by atoms with Crippen molar-refractivity contribution in [3.63, 3.8) is 0 Å². The van der Waals surface area contributed by atoms with Crippen molar-refractivity contribution in [2.75, 3.05) is 5.75 Å². The molecule has 0 spiro atoms.